The van der Waals surface area contributed by atoms with Gasteiger partial charge in [0.15, 0.2) is 0 Å². The van der Waals surface area contributed by atoms with E-state index in [-0.39, 0.29) is 0 Å². The van der Waals surface area contributed by atoms with E-state index in [0.717, 1.165) is 6.42 Å². The Balaban J connectivity index is 2.07. The van der Waals surface area contributed by atoms with Gasteiger partial charge in [-0.2, -0.15) is 0 Å². The number of rotatable bonds is 1. The molecule has 0 spiro atoms. The van der Waals surface area contributed by atoms with E-state index in [4.69, 9.17) is 0 Å². The minimum absolute atomic E-state index is 0.634. The minimum Gasteiger partial charge on any atom is -0.0809 e. The summed E-state index contributed by atoms with van der Waals surface area (Å²) in [7, 11) is 0. The molecule has 0 heterocycles. The van der Waals surface area contributed by atoms with Crippen LogP contribution in [-0.2, 0) is 0 Å². The summed E-state index contributed by atoms with van der Waals surface area (Å²) in [6.07, 6.45) is 13.8. The number of allylic oxidation sites excluding steroid dienone is 8. The Labute approximate surface area is 93.1 Å². The zero-order chi connectivity index (χ0) is 10.8. The predicted molar refractivity (Wildman–Crippen MR) is 66.4 cm³/mol. The Morgan fingerprint density at radius 2 is 2.00 bits per heavy atom. The Morgan fingerprint density at radius 1 is 1.20 bits per heavy atom. The van der Waals surface area contributed by atoms with Crippen molar-refractivity contribution in [1.29, 1.82) is 0 Å². The van der Waals surface area contributed by atoms with E-state index >= 15 is 0 Å². The van der Waals surface area contributed by atoms with E-state index in [1.807, 2.05) is 0 Å². The lowest BCUT2D eigenvalue weighted by Gasteiger charge is -2.23. The molecule has 1 radical (unpaired) electrons. The molecule has 1 atom stereocenters. The Morgan fingerprint density at radius 3 is 2.60 bits per heavy atom. The van der Waals surface area contributed by atoms with Gasteiger partial charge >= 0.3 is 0 Å². The molecule has 0 nitrogen and oxygen atoms in total. The van der Waals surface area contributed by atoms with Crippen LogP contribution in [0.4, 0.5) is 0 Å². The molecule has 0 fully saturated rings. The quantitative estimate of drug-likeness (QED) is 0.588. The van der Waals surface area contributed by atoms with Crippen LogP contribution >= 0.6 is 0 Å². The van der Waals surface area contributed by atoms with Crippen LogP contribution < -0.4 is 0 Å². The Hall–Kier alpha value is -1.04. The van der Waals surface area contributed by atoms with Crippen LogP contribution in [0.1, 0.15) is 33.6 Å². The summed E-state index contributed by atoms with van der Waals surface area (Å²) in [5.41, 5.74) is 5.93. The third-order valence-corrected chi connectivity index (χ3v) is 3.47. The number of hydrogen-bond acceptors (Lipinski definition) is 0. The molecule has 0 aromatic carbocycles. The summed E-state index contributed by atoms with van der Waals surface area (Å²) < 4.78 is 0. The lowest BCUT2D eigenvalue weighted by atomic mass is 9.82. The van der Waals surface area contributed by atoms with Gasteiger partial charge in [-0.1, -0.05) is 46.6 Å². The molecule has 0 saturated heterocycles. The average Bonchev–Trinajstić information content (AvgIpc) is 2.23. The maximum absolute atomic E-state index is 2.36. The van der Waals surface area contributed by atoms with Crippen LogP contribution in [0, 0.1) is 12.3 Å². The van der Waals surface area contributed by atoms with E-state index in [1.165, 1.54) is 23.1 Å². The molecular weight excluding hydrogens is 180 g/mol. The van der Waals surface area contributed by atoms with Crippen molar-refractivity contribution in [3.05, 3.63) is 53.0 Å². The van der Waals surface area contributed by atoms with E-state index in [1.54, 1.807) is 5.57 Å². The van der Waals surface area contributed by atoms with Crippen LogP contribution in [-0.4, -0.2) is 0 Å². The molecule has 0 heteroatoms. The zero-order valence-corrected chi connectivity index (χ0v) is 9.88. The van der Waals surface area contributed by atoms with Gasteiger partial charge in [-0.15, -0.1) is 0 Å². The van der Waals surface area contributed by atoms with E-state index < -0.39 is 0 Å². The second-order valence-electron chi connectivity index (χ2n) is 4.69. The van der Waals surface area contributed by atoms with Crippen LogP contribution in [0.3, 0.4) is 0 Å². The first-order valence-corrected chi connectivity index (χ1v) is 5.72. The minimum atomic E-state index is 0.634. The maximum atomic E-state index is 2.36. The zero-order valence-electron chi connectivity index (χ0n) is 9.88. The van der Waals surface area contributed by atoms with Crippen LogP contribution in [0.25, 0.3) is 0 Å². The molecule has 2 rings (SSSR count). The second-order valence-corrected chi connectivity index (χ2v) is 4.69. The molecule has 0 amide bonds. The highest BCUT2D eigenvalue weighted by Gasteiger charge is 2.16. The highest BCUT2D eigenvalue weighted by atomic mass is 14.2. The van der Waals surface area contributed by atoms with Crippen molar-refractivity contribution in [1.82, 2.24) is 0 Å². The summed E-state index contributed by atoms with van der Waals surface area (Å²) in [6, 6.07) is 0. The Bertz CT molecular complexity index is 375. The summed E-state index contributed by atoms with van der Waals surface area (Å²) in [5, 5.41) is 0. The van der Waals surface area contributed by atoms with Gasteiger partial charge in [-0.3, -0.25) is 0 Å². The van der Waals surface area contributed by atoms with Gasteiger partial charge in [0.2, 0.25) is 0 Å². The molecule has 1 unspecified atom stereocenters. The van der Waals surface area contributed by atoms with Crippen molar-refractivity contribution < 1.29 is 0 Å². The molecule has 79 valence electrons. The maximum Gasteiger partial charge on any atom is 0.00773 e. The lowest BCUT2D eigenvalue weighted by Crippen LogP contribution is -2.08. The van der Waals surface area contributed by atoms with Crippen LogP contribution in [0.2, 0.25) is 0 Å². The predicted octanol–water partition coefficient (Wildman–Crippen LogP) is 4.38. The van der Waals surface area contributed by atoms with Gasteiger partial charge in [0.05, 0.1) is 0 Å². The van der Waals surface area contributed by atoms with Crippen molar-refractivity contribution in [3.63, 3.8) is 0 Å². The average molecular weight is 199 g/mol. The molecule has 15 heavy (non-hydrogen) atoms. The van der Waals surface area contributed by atoms with Gasteiger partial charge < -0.3 is 0 Å². The summed E-state index contributed by atoms with van der Waals surface area (Å²) in [5.74, 6) is 0.634. The molecule has 0 N–H and O–H groups in total. The fraction of sp³-hybridized carbons (Fsp3) is 0.400. The highest BCUT2D eigenvalue weighted by molar-refractivity contribution is 5.37. The van der Waals surface area contributed by atoms with Gasteiger partial charge in [0, 0.05) is 12.3 Å². The topological polar surface area (TPSA) is 0 Å². The lowest BCUT2D eigenvalue weighted by molar-refractivity contribution is 0.707. The second kappa shape index (κ2) is 4.22. The van der Waals surface area contributed by atoms with E-state index in [9.17, 15) is 0 Å². The first-order chi connectivity index (χ1) is 7.16. The van der Waals surface area contributed by atoms with Crippen LogP contribution in [0.15, 0.2) is 46.6 Å². The SMILES string of the molecule is CC1=CCC(C2C=CC(C)=C(C)C2)=C[CH]1. The largest absolute Gasteiger partial charge is 0.0809 e. The Kier molecular flexibility index (Phi) is 2.95. The molecule has 0 saturated carbocycles. The number of hydrogen-bond donors (Lipinski definition) is 0. The molecule has 0 aliphatic heterocycles. The highest BCUT2D eigenvalue weighted by Crippen LogP contribution is 2.32. The molecular formula is C15H19. The molecule has 0 aromatic heterocycles. The van der Waals surface area contributed by atoms with Crippen molar-refractivity contribution in [2.24, 2.45) is 5.92 Å². The summed E-state index contributed by atoms with van der Waals surface area (Å²) in [4.78, 5) is 0. The van der Waals surface area contributed by atoms with Gasteiger partial charge in [-0.25, -0.2) is 0 Å². The summed E-state index contributed by atoms with van der Waals surface area (Å²) >= 11 is 0. The van der Waals surface area contributed by atoms with Crippen molar-refractivity contribution in [2.45, 2.75) is 33.6 Å². The third-order valence-electron chi connectivity index (χ3n) is 3.47. The molecule has 0 aromatic rings. The van der Waals surface area contributed by atoms with Crippen LogP contribution in [0.5, 0.6) is 0 Å². The fourth-order valence-corrected chi connectivity index (χ4v) is 2.14. The van der Waals surface area contributed by atoms with Crippen molar-refractivity contribution >= 4 is 0 Å². The van der Waals surface area contributed by atoms with Gasteiger partial charge in [0.1, 0.15) is 0 Å². The van der Waals surface area contributed by atoms with Gasteiger partial charge in [0.25, 0.3) is 0 Å². The standard InChI is InChI=1S/C15H19/c1-11-4-7-14(8-5-11)15-9-6-12(2)13(3)10-15/h4-7,9,15H,8,10H2,1-3H3. The smallest absolute Gasteiger partial charge is 0.00773 e. The van der Waals surface area contributed by atoms with Crippen molar-refractivity contribution in [3.8, 4) is 0 Å². The molecule has 2 aliphatic rings. The first kappa shape index (κ1) is 10.5. The summed E-state index contributed by atoms with van der Waals surface area (Å²) in [6.45, 7) is 6.62. The van der Waals surface area contributed by atoms with Crippen molar-refractivity contribution in [2.75, 3.05) is 0 Å². The van der Waals surface area contributed by atoms with E-state index in [2.05, 4.69) is 51.5 Å². The monoisotopic (exact) mass is 199 g/mol. The molecule has 2 aliphatic carbocycles. The third kappa shape index (κ3) is 2.31. The normalized spacial score (nSPS) is 26.5. The van der Waals surface area contributed by atoms with Gasteiger partial charge in [-0.05, 0) is 33.6 Å². The fourth-order valence-electron chi connectivity index (χ4n) is 2.14. The first-order valence-electron chi connectivity index (χ1n) is 5.72. The van der Waals surface area contributed by atoms with E-state index in [0.29, 0.717) is 5.92 Å². The molecule has 0 bridgehead atoms.